The Balaban J connectivity index is 2.18. The van der Waals surface area contributed by atoms with E-state index in [1.807, 2.05) is 43.5 Å². The highest BCUT2D eigenvalue weighted by Crippen LogP contribution is 2.42. The van der Waals surface area contributed by atoms with E-state index in [2.05, 4.69) is 0 Å². The minimum Gasteiger partial charge on any atom is -0.459 e. The molecule has 1 aromatic carbocycles. The largest absolute Gasteiger partial charge is 0.459 e. The smallest absolute Gasteiger partial charge is 0.288 e. The molecule has 162 valence electrons. The molecule has 0 aliphatic carbocycles. The molecule has 3 atom stereocenters. The van der Waals surface area contributed by atoms with Gasteiger partial charge >= 0.3 is 0 Å². The molecule has 1 N–H and O–H groups in total. The van der Waals surface area contributed by atoms with Gasteiger partial charge in [-0.1, -0.05) is 18.2 Å². The number of aromatic nitrogens is 1. The number of allylic oxidation sites excluding steroid dienone is 1. The number of benzene rings is 1. The van der Waals surface area contributed by atoms with Gasteiger partial charge in [0.2, 0.25) is 12.2 Å². The number of aliphatic hydroxyl groups is 1. The molecule has 2 heterocycles. The van der Waals surface area contributed by atoms with E-state index in [1.165, 1.54) is 11.8 Å². The van der Waals surface area contributed by atoms with Crippen molar-refractivity contribution < 1.29 is 24.2 Å². The number of carbonyl (C=O) groups is 2. The van der Waals surface area contributed by atoms with Crippen molar-refractivity contribution in [2.45, 2.75) is 38.9 Å². The third-order valence-electron chi connectivity index (χ3n) is 5.47. The molecule has 30 heavy (non-hydrogen) atoms. The van der Waals surface area contributed by atoms with E-state index in [0.717, 1.165) is 16.5 Å². The van der Waals surface area contributed by atoms with Crippen LogP contribution < -0.4 is 0 Å². The van der Waals surface area contributed by atoms with Crippen LogP contribution in [0.5, 0.6) is 0 Å². The first-order chi connectivity index (χ1) is 14.4. The van der Waals surface area contributed by atoms with E-state index in [1.54, 1.807) is 18.7 Å². The number of fused-ring (bicyclic) bond motifs is 1. The lowest BCUT2D eigenvalue weighted by atomic mass is 9.80. The van der Waals surface area contributed by atoms with Crippen LogP contribution in [0.1, 0.15) is 43.0 Å². The summed E-state index contributed by atoms with van der Waals surface area (Å²) in [7, 11) is 3.35. The maximum absolute atomic E-state index is 12.7. The van der Waals surface area contributed by atoms with E-state index in [4.69, 9.17) is 9.47 Å². The SMILES string of the molecule is CCO[C@@H]1OC(C(=O)N(C)C)=C[C@H](c2cn(C(C)=O)c3ccccc23)[C@@H]1CCCO. The quantitative estimate of drug-likeness (QED) is 0.753. The van der Waals surface area contributed by atoms with Crippen LogP contribution in [-0.4, -0.2) is 60.0 Å². The standard InChI is InChI=1S/C23H30N2O5/c1-5-29-23-17(10-8-12-26)18(13-21(30-23)22(28)24(3)4)19-14-25(15(2)27)20-11-7-6-9-16(19)20/h6-7,9,11,13-14,17-18,23,26H,5,8,10,12H2,1-4H3/t17-,18-,23+/m0/s1. The molecule has 1 aliphatic heterocycles. The molecular weight excluding hydrogens is 384 g/mol. The summed E-state index contributed by atoms with van der Waals surface area (Å²) >= 11 is 0. The van der Waals surface area contributed by atoms with Gasteiger partial charge < -0.3 is 19.5 Å². The van der Waals surface area contributed by atoms with Crippen molar-refractivity contribution in [2.75, 3.05) is 27.3 Å². The Kier molecular flexibility index (Phi) is 6.95. The van der Waals surface area contributed by atoms with Crippen LogP contribution in [0, 0.1) is 5.92 Å². The fourth-order valence-electron chi connectivity index (χ4n) is 4.07. The molecule has 0 saturated carbocycles. The van der Waals surface area contributed by atoms with Gasteiger partial charge in [0.15, 0.2) is 5.76 Å². The van der Waals surface area contributed by atoms with E-state index >= 15 is 0 Å². The summed E-state index contributed by atoms with van der Waals surface area (Å²) in [6, 6.07) is 7.74. The number of carbonyl (C=O) groups excluding carboxylic acids is 2. The molecule has 2 aromatic rings. The van der Waals surface area contributed by atoms with E-state index in [9.17, 15) is 14.7 Å². The lowest BCUT2D eigenvalue weighted by molar-refractivity contribution is -0.169. The van der Waals surface area contributed by atoms with Gasteiger partial charge in [-0.15, -0.1) is 0 Å². The monoisotopic (exact) mass is 414 g/mol. The summed E-state index contributed by atoms with van der Waals surface area (Å²) in [5.41, 5.74) is 1.77. The summed E-state index contributed by atoms with van der Waals surface area (Å²) in [4.78, 5) is 26.4. The summed E-state index contributed by atoms with van der Waals surface area (Å²) in [6.45, 7) is 3.91. The van der Waals surface area contributed by atoms with Gasteiger partial charge in [0.05, 0.1) is 5.52 Å². The van der Waals surface area contributed by atoms with Crippen molar-refractivity contribution in [1.29, 1.82) is 0 Å². The number of hydrogen-bond donors (Lipinski definition) is 1. The zero-order valence-electron chi connectivity index (χ0n) is 18.0. The van der Waals surface area contributed by atoms with Crippen LogP contribution in [0.15, 0.2) is 42.3 Å². The summed E-state index contributed by atoms with van der Waals surface area (Å²) < 4.78 is 13.5. The van der Waals surface area contributed by atoms with Crippen molar-refractivity contribution in [2.24, 2.45) is 5.92 Å². The number of ether oxygens (including phenoxy) is 2. The number of hydrogen-bond acceptors (Lipinski definition) is 5. The number of aliphatic hydroxyl groups excluding tert-OH is 1. The Hall–Kier alpha value is -2.64. The van der Waals surface area contributed by atoms with Gasteiger partial charge in [-0.25, -0.2) is 0 Å². The van der Waals surface area contributed by atoms with Crippen LogP contribution in [0.3, 0.4) is 0 Å². The van der Waals surface area contributed by atoms with Crippen molar-refractivity contribution in [3.05, 3.63) is 47.9 Å². The predicted octanol–water partition coefficient (Wildman–Crippen LogP) is 3.14. The Bertz CT molecular complexity index is 946. The van der Waals surface area contributed by atoms with Crippen molar-refractivity contribution >= 4 is 22.7 Å². The maximum atomic E-state index is 12.7. The zero-order valence-corrected chi connectivity index (χ0v) is 18.0. The maximum Gasteiger partial charge on any atom is 0.288 e. The van der Waals surface area contributed by atoms with Crippen LogP contribution >= 0.6 is 0 Å². The number of nitrogens with zero attached hydrogens (tertiary/aromatic N) is 2. The summed E-state index contributed by atoms with van der Waals surface area (Å²) in [5, 5.41) is 10.4. The minimum absolute atomic E-state index is 0.0600. The van der Waals surface area contributed by atoms with E-state index in [0.29, 0.717) is 19.4 Å². The molecule has 1 amide bonds. The molecular formula is C23H30N2O5. The van der Waals surface area contributed by atoms with Gasteiger partial charge in [-0.3, -0.25) is 14.2 Å². The second kappa shape index (κ2) is 9.45. The lowest BCUT2D eigenvalue weighted by Gasteiger charge is -2.37. The fraction of sp³-hybridized carbons (Fsp3) is 0.478. The Morgan fingerprint density at radius 3 is 2.63 bits per heavy atom. The highest BCUT2D eigenvalue weighted by Gasteiger charge is 2.39. The molecule has 0 radical (unpaired) electrons. The van der Waals surface area contributed by atoms with Crippen LogP contribution in [0.4, 0.5) is 0 Å². The molecule has 7 nitrogen and oxygen atoms in total. The summed E-state index contributed by atoms with van der Waals surface area (Å²) in [5.74, 6) is -0.386. The van der Waals surface area contributed by atoms with Crippen LogP contribution in [0.2, 0.25) is 0 Å². The second-order valence-electron chi connectivity index (χ2n) is 7.72. The highest BCUT2D eigenvalue weighted by molar-refractivity contribution is 5.95. The molecule has 0 spiro atoms. The van der Waals surface area contributed by atoms with Crippen molar-refractivity contribution in [3.63, 3.8) is 0 Å². The average Bonchev–Trinajstić information content (AvgIpc) is 3.12. The molecule has 0 saturated heterocycles. The molecule has 1 aliphatic rings. The highest BCUT2D eigenvalue weighted by atomic mass is 16.7. The number of amides is 1. The first-order valence-corrected chi connectivity index (χ1v) is 10.3. The molecule has 7 heteroatoms. The topological polar surface area (TPSA) is 81.0 Å². The third kappa shape index (κ3) is 4.27. The molecule has 1 aromatic heterocycles. The van der Waals surface area contributed by atoms with Gasteiger partial charge in [0.1, 0.15) is 0 Å². The van der Waals surface area contributed by atoms with Crippen LogP contribution in [-0.2, 0) is 14.3 Å². The normalized spacial score (nSPS) is 21.2. The van der Waals surface area contributed by atoms with Gasteiger partial charge in [0, 0.05) is 57.7 Å². The first kappa shape index (κ1) is 22.1. The second-order valence-corrected chi connectivity index (χ2v) is 7.72. The van der Waals surface area contributed by atoms with E-state index in [-0.39, 0.29) is 36.0 Å². The van der Waals surface area contributed by atoms with E-state index < -0.39 is 6.29 Å². The third-order valence-corrected chi connectivity index (χ3v) is 5.47. The number of likely N-dealkylation sites (N-methyl/N-ethyl adjacent to an activating group) is 1. The number of para-hydroxylation sites is 1. The number of rotatable bonds is 7. The van der Waals surface area contributed by atoms with Crippen LogP contribution in [0.25, 0.3) is 10.9 Å². The Morgan fingerprint density at radius 1 is 1.27 bits per heavy atom. The minimum atomic E-state index is -0.616. The molecule has 3 rings (SSSR count). The predicted molar refractivity (Wildman–Crippen MR) is 114 cm³/mol. The van der Waals surface area contributed by atoms with Crippen molar-refractivity contribution in [1.82, 2.24) is 9.47 Å². The fourth-order valence-corrected chi connectivity index (χ4v) is 4.07. The first-order valence-electron chi connectivity index (χ1n) is 10.3. The Morgan fingerprint density at radius 2 is 2.00 bits per heavy atom. The molecule has 0 fully saturated rings. The van der Waals surface area contributed by atoms with Crippen molar-refractivity contribution in [3.8, 4) is 0 Å². The average molecular weight is 415 g/mol. The van der Waals surface area contributed by atoms with Gasteiger partial charge in [-0.2, -0.15) is 0 Å². The van der Waals surface area contributed by atoms with Gasteiger partial charge in [0.25, 0.3) is 5.91 Å². The van der Waals surface area contributed by atoms with Gasteiger partial charge in [-0.05, 0) is 37.5 Å². The zero-order chi connectivity index (χ0) is 21.8. The Labute approximate surface area is 176 Å². The molecule has 0 unspecified atom stereocenters. The lowest BCUT2D eigenvalue weighted by Crippen LogP contribution is -2.38. The summed E-state index contributed by atoms with van der Waals surface area (Å²) in [6.07, 6.45) is 4.32. The molecule has 0 bridgehead atoms.